The minimum atomic E-state index is -0.828. The van der Waals surface area contributed by atoms with Crippen LogP contribution in [0, 0.1) is 0 Å². The lowest BCUT2D eigenvalue weighted by Gasteiger charge is -2.26. The fraction of sp³-hybridized carbons (Fsp3) is 0.194. The predicted molar refractivity (Wildman–Crippen MR) is 185 cm³/mol. The molecule has 1 aliphatic rings. The smallest absolute Gasteiger partial charge is 0.338 e. The third-order valence-corrected chi connectivity index (χ3v) is 9.31. The molecule has 2 heterocycles. The summed E-state index contributed by atoms with van der Waals surface area (Å²) in [5.74, 6) is 0.617. The molecule has 0 spiro atoms. The zero-order valence-electron chi connectivity index (χ0n) is 25.5. The topological polar surface area (TPSA) is 79.1 Å². The number of rotatable bonds is 8. The second-order valence-corrected chi connectivity index (χ2v) is 13.4. The number of nitrogens with zero attached hydrogens (tertiary/aromatic N) is 2. The lowest BCUT2D eigenvalue weighted by Crippen LogP contribution is -2.40. The molecule has 6 rings (SSSR count). The first-order chi connectivity index (χ1) is 22.1. The average Bonchev–Trinajstić information content (AvgIpc) is 3.34. The molecule has 46 heavy (non-hydrogen) atoms. The highest BCUT2D eigenvalue weighted by Gasteiger charge is 2.35. The second kappa shape index (κ2) is 13.3. The lowest BCUT2D eigenvalue weighted by molar-refractivity contribution is -0.143. The number of allylic oxidation sites excluding steroid dienone is 1. The lowest BCUT2D eigenvalue weighted by atomic mass is 9.95. The number of esters is 1. The molecule has 0 fully saturated rings. The SMILES string of the molecule is COc1ccc(Br)cc1[C@@H]1C(C(=O)OC(C)C)=C(C)N=c2s/c(=C\c3c(OCc4ccc(Cl)cc4)ccc4ccccc34)c(=O)n21. The predicted octanol–water partition coefficient (Wildman–Crippen LogP) is 7.34. The number of hydrogen-bond donors (Lipinski definition) is 0. The Morgan fingerprint density at radius 3 is 2.54 bits per heavy atom. The average molecular weight is 718 g/mol. The fourth-order valence-corrected chi connectivity index (χ4v) is 7.03. The van der Waals surface area contributed by atoms with Crippen molar-refractivity contribution in [2.24, 2.45) is 4.99 Å². The van der Waals surface area contributed by atoms with Crippen LogP contribution >= 0.6 is 38.9 Å². The molecule has 234 valence electrons. The van der Waals surface area contributed by atoms with E-state index in [0.29, 0.717) is 43.7 Å². The minimum Gasteiger partial charge on any atom is -0.496 e. The van der Waals surface area contributed by atoms with E-state index in [4.69, 9.17) is 30.8 Å². The van der Waals surface area contributed by atoms with Crippen molar-refractivity contribution < 1.29 is 19.0 Å². The molecule has 7 nitrogen and oxygen atoms in total. The summed E-state index contributed by atoms with van der Waals surface area (Å²) < 4.78 is 20.5. The molecule has 0 N–H and O–H groups in total. The highest BCUT2D eigenvalue weighted by Crippen LogP contribution is 2.37. The summed E-state index contributed by atoms with van der Waals surface area (Å²) >= 11 is 10.9. The summed E-state index contributed by atoms with van der Waals surface area (Å²) in [5.41, 5.74) is 2.82. The van der Waals surface area contributed by atoms with Crippen LogP contribution in [0.1, 0.15) is 43.5 Å². The van der Waals surface area contributed by atoms with Gasteiger partial charge >= 0.3 is 5.97 Å². The van der Waals surface area contributed by atoms with Crippen LogP contribution in [0.5, 0.6) is 11.5 Å². The number of carbonyl (C=O) groups is 1. The Labute approximate surface area is 283 Å². The minimum absolute atomic E-state index is 0.279. The van der Waals surface area contributed by atoms with Gasteiger partial charge < -0.3 is 14.2 Å². The van der Waals surface area contributed by atoms with Gasteiger partial charge in [-0.15, -0.1) is 0 Å². The summed E-state index contributed by atoms with van der Waals surface area (Å²) in [7, 11) is 1.56. The van der Waals surface area contributed by atoms with Crippen LogP contribution in [0.15, 0.2) is 104 Å². The Bertz CT molecular complexity index is 2190. The van der Waals surface area contributed by atoms with Crippen LogP contribution in [-0.4, -0.2) is 23.8 Å². The normalized spacial score (nSPS) is 14.8. The quantitative estimate of drug-likeness (QED) is 0.157. The number of halogens is 2. The van der Waals surface area contributed by atoms with Gasteiger partial charge in [0.1, 0.15) is 24.1 Å². The van der Waals surface area contributed by atoms with Crippen molar-refractivity contribution in [3.63, 3.8) is 0 Å². The Balaban J connectivity index is 1.55. The first-order valence-corrected chi connectivity index (χ1v) is 16.6. The van der Waals surface area contributed by atoms with Gasteiger partial charge in [0.15, 0.2) is 4.80 Å². The van der Waals surface area contributed by atoms with Crippen LogP contribution in [-0.2, 0) is 16.1 Å². The molecule has 1 aromatic heterocycles. The highest BCUT2D eigenvalue weighted by molar-refractivity contribution is 9.10. The number of thiazole rings is 1. The van der Waals surface area contributed by atoms with Crippen molar-refractivity contribution >= 4 is 61.7 Å². The molecule has 0 saturated heterocycles. The monoisotopic (exact) mass is 716 g/mol. The summed E-state index contributed by atoms with van der Waals surface area (Å²) in [5, 5.41) is 2.59. The van der Waals surface area contributed by atoms with Gasteiger partial charge in [0, 0.05) is 20.6 Å². The first-order valence-electron chi connectivity index (χ1n) is 14.6. The van der Waals surface area contributed by atoms with E-state index in [-0.39, 0.29) is 17.2 Å². The van der Waals surface area contributed by atoms with Gasteiger partial charge in [-0.2, -0.15) is 0 Å². The standard InChI is InChI=1S/C36H30BrClN2O5S/c1-20(2)45-35(42)32-21(3)39-36-40(33(32)28-17-24(37)12-16-29(28)43-4)34(41)31(46-36)18-27-26-8-6-5-7-23(26)11-15-30(27)44-19-22-9-13-25(38)14-10-22/h5-18,20,33H,19H2,1-4H3/b31-18-/t33-/m1/s1. The largest absolute Gasteiger partial charge is 0.496 e. The van der Waals surface area contributed by atoms with Gasteiger partial charge in [0.05, 0.1) is 29.0 Å². The van der Waals surface area contributed by atoms with E-state index in [9.17, 15) is 9.59 Å². The van der Waals surface area contributed by atoms with Gasteiger partial charge in [-0.3, -0.25) is 9.36 Å². The van der Waals surface area contributed by atoms with E-state index < -0.39 is 12.0 Å². The number of methoxy groups -OCH3 is 1. The van der Waals surface area contributed by atoms with Gasteiger partial charge in [0.2, 0.25) is 0 Å². The molecule has 0 bridgehead atoms. The number of ether oxygens (including phenoxy) is 3. The van der Waals surface area contributed by atoms with Gasteiger partial charge in [-0.05, 0) is 79.6 Å². The molecular weight excluding hydrogens is 688 g/mol. The highest BCUT2D eigenvalue weighted by atomic mass is 79.9. The summed E-state index contributed by atoms with van der Waals surface area (Å²) in [6, 6.07) is 24.0. The van der Waals surface area contributed by atoms with Crippen molar-refractivity contribution in [1.82, 2.24) is 4.57 Å². The van der Waals surface area contributed by atoms with Crippen LogP contribution in [0.4, 0.5) is 0 Å². The molecule has 5 aromatic rings. The summed E-state index contributed by atoms with van der Waals surface area (Å²) in [6.45, 7) is 5.66. The number of fused-ring (bicyclic) bond motifs is 2. The Morgan fingerprint density at radius 2 is 1.80 bits per heavy atom. The van der Waals surface area contributed by atoms with Crippen LogP contribution in [0.2, 0.25) is 5.02 Å². The van der Waals surface area contributed by atoms with Crippen LogP contribution < -0.4 is 24.4 Å². The molecule has 1 atom stereocenters. The molecule has 4 aromatic carbocycles. The fourth-order valence-electron chi connectivity index (χ4n) is 5.50. The van der Waals surface area contributed by atoms with E-state index in [1.165, 1.54) is 11.3 Å². The zero-order valence-corrected chi connectivity index (χ0v) is 28.7. The van der Waals surface area contributed by atoms with E-state index >= 15 is 0 Å². The van der Waals surface area contributed by atoms with Gasteiger partial charge in [-0.25, -0.2) is 9.79 Å². The second-order valence-electron chi connectivity index (χ2n) is 11.0. The van der Waals surface area contributed by atoms with Crippen molar-refractivity contribution in [2.75, 3.05) is 7.11 Å². The maximum absolute atomic E-state index is 14.4. The molecular formula is C36H30BrClN2O5S. The van der Waals surface area contributed by atoms with Gasteiger partial charge in [0.25, 0.3) is 5.56 Å². The molecule has 0 unspecified atom stereocenters. The third kappa shape index (κ3) is 6.27. The third-order valence-electron chi connectivity index (χ3n) is 7.58. The maximum Gasteiger partial charge on any atom is 0.338 e. The summed E-state index contributed by atoms with van der Waals surface area (Å²) in [4.78, 5) is 33.2. The van der Waals surface area contributed by atoms with E-state index in [1.54, 1.807) is 38.5 Å². The number of carbonyl (C=O) groups excluding carboxylic acids is 1. The zero-order chi connectivity index (χ0) is 32.5. The number of benzene rings is 4. The van der Waals surface area contributed by atoms with Crippen molar-refractivity contribution in [3.05, 3.63) is 136 Å². The van der Waals surface area contributed by atoms with Crippen molar-refractivity contribution in [2.45, 2.75) is 39.5 Å². The molecule has 10 heteroatoms. The molecule has 0 aliphatic carbocycles. The number of hydrogen-bond acceptors (Lipinski definition) is 7. The first kappa shape index (κ1) is 31.8. The van der Waals surface area contributed by atoms with Crippen LogP contribution in [0.3, 0.4) is 0 Å². The molecule has 0 saturated carbocycles. The summed E-state index contributed by atoms with van der Waals surface area (Å²) in [6.07, 6.45) is 1.49. The van der Waals surface area contributed by atoms with E-state index in [1.807, 2.05) is 78.9 Å². The Kier molecular flexibility index (Phi) is 9.18. The molecule has 0 amide bonds. The molecule has 1 aliphatic heterocycles. The van der Waals surface area contributed by atoms with Gasteiger partial charge in [-0.1, -0.05) is 81.3 Å². The Morgan fingerprint density at radius 1 is 1.07 bits per heavy atom. The van der Waals surface area contributed by atoms with Crippen LogP contribution in [0.25, 0.3) is 16.8 Å². The van der Waals surface area contributed by atoms with E-state index in [0.717, 1.165) is 26.4 Å². The van der Waals surface area contributed by atoms with E-state index in [2.05, 4.69) is 15.9 Å². The Hall–Kier alpha value is -4.18. The maximum atomic E-state index is 14.4. The molecule has 0 radical (unpaired) electrons. The van der Waals surface area contributed by atoms with Crippen molar-refractivity contribution in [1.29, 1.82) is 0 Å². The van der Waals surface area contributed by atoms with Crippen molar-refractivity contribution in [3.8, 4) is 11.5 Å². The number of aromatic nitrogens is 1.